The number of carbonyl (C=O) groups excluding carboxylic acids is 1. The van der Waals surface area contributed by atoms with Crippen LogP contribution in [0.4, 0.5) is 0 Å². The summed E-state index contributed by atoms with van der Waals surface area (Å²) in [6, 6.07) is 7.69. The summed E-state index contributed by atoms with van der Waals surface area (Å²) in [5, 5.41) is -0.400. The van der Waals surface area contributed by atoms with Crippen molar-refractivity contribution in [2.24, 2.45) is 0 Å². The molecule has 0 bridgehead atoms. The van der Waals surface area contributed by atoms with E-state index < -0.39 is 15.3 Å². The first kappa shape index (κ1) is 18.7. The molecule has 138 valence electrons. The van der Waals surface area contributed by atoms with Gasteiger partial charge in [-0.25, -0.2) is 12.7 Å². The molecule has 0 radical (unpaired) electrons. The van der Waals surface area contributed by atoms with Gasteiger partial charge in [-0.3, -0.25) is 4.79 Å². The second-order valence-corrected chi connectivity index (χ2v) is 11.1. The maximum Gasteiger partial charge on any atom is 0.255 e. The summed E-state index contributed by atoms with van der Waals surface area (Å²) < 4.78 is 26.4. The lowest BCUT2D eigenvalue weighted by atomic mass is 10.0. The summed E-state index contributed by atoms with van der Waals surface area (Å²) in [6.07, 6.45) is 1.39. The predicted molar refractivity (Wildman–Crippen MR) is 102 cm³/mol. The third-order valence-electron chi connectivity index (χ3n) is 5.15. The van der Waals surface area contributed by atoms with Crippen molar-refractivity contribution < 1.29 is 13.2 Å². The number of carbonyl (C=O) groups is 1. The zero-order chi connectivity index (χ0) is 18.2. The van der Waals surface area contributed by atoms with Crippen molar-refractivity contribution in [1.29, 1.82) is 0 Å². The number of sulfonamides is 1. The summed E-state index contributed by atoms with van der Waals surface area (Å²) in [5.41, 5.74) is 1.80. The van der Waals surface area contributed by atoms with E-state index in [9.17, 15) is 13.2 Å². The van der Waals surface area contributed by atoms with E-state index in [4.69, 9.17) is 0 Å². The minimum Gasteiger partial charge on any atom is -0.323 e. The van der Waals surface area contributed by atoms with Crippen LogP contribution in [0.3, 0.4) is 0 Å². The molecule has 1 aromatic rings. The van der Waals surface area contributed by atoms with Gasteiger partial charge in [0.15, 0.2) is 0 Å². The maximum atomic E-state index is 13.0. The monoisotopic (exact) mass is 382 g/mol. The van der Waals surface area contributed by atoms with Gasteiger partial charge >= 0.3 is 0 Å². The number of rotatable bonds is 3. The Hall–Kier alpha value is -1.05. The van der Waals surface area contributed by atoms with Crippen molar-refractivity contribution in [2.45, 2.75) is 43.7 Å². The van der Waals surface area contributed by atoms with Crippen molar-refractivity contribution in [2.75, 3.05) is 25.4 Å². The van der Waals surface area contributed by atoms with E-state index >= 15 is 0 Å². The lowest BCUT2D eigenvalue weighted by Crippen LogP contribution is -2.54. The Labute approximate surface area is 154 Å². The highest BCUT2D eigenvalue weighted by Crippen LogP contribution is 2.45. The molecule has 0 unspecified atom stereocenters. The van der Waals surface area contributed by atoms with Crippen LogP contribution in [-0.4, -0.2) is 59.0 Å². The summed E-state index contributed by atoms with van der Waals surface area (Å²) in [7, 11) is -3.22. The molecule has 1 amide bonds. The molecule has 25 heavy (non-hydrogen) atoms. The fourth-order valence-electron chi connectivity index (χ4n) is 3.63. The Morgan fingerprint density at radius 1 is 1.20 bits per heavy atom. The van der Waals surface area contributed by atoms with Gasteiger partial charge in [-0.1, -0.05) is 17.7 Å². The second-order valence-electron chi connectivity index (χ2n) is 7.11. The van der Waals surface area contributed by atoms with Crippen LogP contribution >= 0.6 is 11.8 Å². The van der Waals surface area contributed by atoms with Crippen molar-refractivity contribution in [3.63, 3.8) is 0 Å². The van der Waals surface area contributed by atoms with Crippen molar-refractivity contribution in [3.05, 3.63) is 35.4 Å². The molecule has 5 nitrogen and oxygen atoms in total. The van der Waals surface area contributed by atoms with Gasteiger partial charge in [-0.2, -0.15) is 0 Å². The molecule has 0 N–H and O–H groups in total. The standard InChI is InChI=1S/C18H26N2O3S2/c1-14(2)25(22,23)19-9-7-18(8-10-19)20(11-12-24-18)17(21)16-6-4-5-15(3)13-16/h4-6,13-14H,7-12H2,1-3H3. The molecular weight excluding hydrogens is 356 g/mol. The Kier molecular flexibility index (Phi) is 5.19. The van der Waals surface area contributed by atoms with Crippen molar-refractivity contribution in [3.8, 4) is 0 Å². The largest absolute Gasteiger partial charge is 0.323 e. The fraction of sp³-hybridized carbons (Fsp3) is 0.611. The Bertz CT molecular complexity index is 753. The van der Waals surface area contributed by atoms with Crippen LogP contribution in [0, 0.1) is 6.92 Å². The molecule has 0 saturated carbocycles. The Balaban J connectivity index is 1.77. The Morgan fingerprint density at radius 3 is 2.48 bits per heavy atom. The number of amides is 1. The number of thioether (sulfide) groups is 1. The summed E-state index contributed by atoms with van der Waals surface area (Å²) in [4.78, 5) is 14.8. The highest BCUT2D eigenvalue weighted by atomic mass is 32.2. The SMILES string of the molecule is Cc1cccc(C(=O)N2CCSC23CCN(S(=O)(=O)C(C)C)CC3)c1. The van der Waals surface area contributed by atoms with Crippen LogP contribution in [0.5, 0.6) is 0 Å². The van der Waals surface area contributed by atoms with Gasteiger partial charge in [0.1, 0.15) is 0 Å². The first-order chi connectivity index (χ1) is 11.8. The first-order valence-electron chi connectivity index (χ1n) is 8.78. The third-order valence-corrected chi connectivity index (χ3v) is 8.98. The number of aryl methyl sites for hydroxylation is 1. The molecule has 2 aliphatic rings. The van der Waals surface area contributed by atoms with Crippen LogP contribution in [0.25, 0.3) is 0 Å². The topological polar surface area (TPSA) is 57.7 Å². The molecule has 1 aromatic carbocycles. The summed E-state index contributed by atoms with van der Waals surface area (Å²) >= 11 is 1.81. The van der Waals surface area contributed by atoms with Crippen LogP contribution in [0.1, 0.15) is 42.6 Å². The van der Waals surface area contributed by atoms with Gasteiger partial charge in [0, 0.05) is 31.0 Å². The van der Waals surface area contributed by atoms with Crippen LogP contribution in [-0.2, 0) is 10.0 Å². The summed E-state index contributed by atoms with van der Waals surface area (Å²) in [5.74, 6) is 0.975. The van der Waals surface area contributed by atoms with E-state index in [2.05, 4.69) is 0 Å². The first-order valence-corrected chi connectivity index (χ1v) is 11.3. The highest BCUT2D eigenvalue weighted by Gasteiger charge is 2.48. The zero-order valence-corrected chi connectivity index (χ0v) is 16.7. The molecule has 3 rings (SSSR count). The fourth-order valence-corrected chi connectivity index (χ4v) is 6.37. The van der Waals surface area contributed by atoms with Gasteiger partial charge in [-0.05, 0) is 45.7 Å². The van der Waals surface area contributed by atoms with Gasteiger partial charge < -0.3 is 4.90 Å². The molecule has 2 aliphatic heterocycles. The molecule has 0 aliphatic carbocycles. The van der Waals surface area contributed by atoms with E-state index in [1.807, 2.05) is 36.1 Å². The predicted octanol–water partition coefficient (Wildman–Crippen LogP) is 2.71. The zero-order valence-electron chi connectivity index (χ0n) is 15.1. The van der Waals surface area contributed by atoms with Gasteiger partial charge in [0.25, 0.3) is 5.91 Å². The van der Waals surface area contributed by atoms with Gasteiger partial charge in [0.2, 0.25) is 10.0 Å². The van der Waals surface area contributed by atoms with E-state index in [0.717, 1.165) is 23.4 Å². The lowest BCUT2D eigenvalue weighted by Gasteiger charge is -2.44. The lowest BCUT2D eigenvalue weighted by molar-refractivity contribution is 0.0605. The second kappa shape index (κ2) is 6.93. The van der Waals surface area contributed by atoms with E-state index in [1.165, 1.54) is 0 Å². The van der Waals surface area contributed by atoms with Gasteiger partial charge in [-0.15, -0.1) is 11.8 Å². The number of piperidine rings is 1. The highest BCUT2D eigenvalue weighted by molar-refractivity contribution is 8.00. The normalized spacial score (nSPS) is 21.2. The molecule has 1 spiro atoms. The molecule has 2 saturated heterocycles. The smallest absolute Gasteiger partial charge is 0.255 e. The number of nitrogens with zero attached hydrogens (tertiary/aromatic N) is 2. The third kappa shape index (κ3) is 3.46. The maximum absolute atomic E-state index is 13.0. The van der Waals surface area contributed by atoms with E-state index in [1.54, 1.807) is 29.9 Å². The molecular formula is C18H26N2O3S2. The van der Waals surface area contributed by atoms with Crippen LogP contribution in [0.15, 0.2) is 24.3 Å². The van der Waals surface area contributed by atoms with Gasteiger partial charge in [0.05, 0.1) is 10.1 Å². The average Bonchev–Trinajstić information content (AvgIpc) is 2.97. The van der Waals surface area contributed by atoms with Crippen molar-refractivity contribution >= 4 is 27.7 Å². The minimum atomic E-state index is -3.22. The molecule has 7 heteroatoms. The molecule has 0 atom stereocenters. The quantitative estimate of drug-likeness (QED) is 0.807. The van der Waals surface area contributed by atoms with E-state index in [-0.39, 0.29) is 10.8 Å². The average molecular weight is 383 g/mol. The van der Waals surface area contributed by atoms with Crippen LogP contribution in [0.2, 0.25) is 0 Å². The molecule has 0 aromatic heterocycles. The molecule has 2 fully saturated rings. The number of hydrogen-bond donors (Lipinski definition) is 0. The van der Waals surface area contributed by atoms with Crippen molar-refractivity contribution in [1.82, 2.24) is 9.21 Å². The van der Waals surface area contributed by atoms with Crippen LogP contribution < -0.4 is 0 Å². The molecule has 2 heterocycles. The minimum absolute atomic E-state index is 0.0638. The number of hydrogen-bond acceptors (Lipinski definition) is 4. The summed E-state index contributed by atoms with van der Waals surface area (Å²) in [6.45, 7) is 7.14. The Morgan fingerprint density at radius 2 is 1.88 bits per heavy atom. The number of benzene rings is 1. The van der Waals surface area contributed by atoms with E-state index in [0.29, 0.717) is 25.9 Å².